The number of rotatable bonds is 6. The molecule has 0 aromatic heterocycles. The number of hydrogen-bond acceptors (Lipinski definition) is 3. The predicted molar refractivity (Wildman–Crippen MR) is 146 cm³/mol. The fourth-order valence-corrected chi connectivity index (χ4v) is 6.59. The maximum Gasteiger partial charge on any atom is 0.252 e. The quantitative estimate of drug-likeness (QED) is 0.455. The number of benzene rings is 2. The Morgan fingerprint density at radius 3 is 2.53 bits per heavy atom. The molecule has 2 unspecified atom stereocenters. The zero-order valence-corrected chi connectivity index (χ0v) is 22.2. The summed E-state index contributed by atoms with van der Waals surface area (Å²) in [7, 11) is 4.09. The Balaban J connectivity index is 1.21. The summed E-state index contributed by atoms with van der Waals surface area (Å²) in [5.74, 6) is 0.0633. The maximum atomic E-state index is 13.3. The maximum absolute atomic E-state index is 13.3. The summed E-state index contributed by atoms with van der Waals surface area (Å²) in [6, 6.07) is 12.6. The molecule has 0 radical (unpaired) electrons. The average Bonchev–Trinajstić information content (AvgIpc) is 3.49. The van der Waals surface area contributed by atoms with Gasteiger partial charge in [-0.15, -0.1) is 0 Å². The zero-order chi connectivity index (χ0) is 23.9. The van der Waals surface area contributed by atoms with Gasteiger partial charge in [0.1, 0.15) is 0 Å². The predicted octanol–water partition coefficient (Wildman–Crippen LogP) is 6.27. The molecule has 2 atom stereocenters. The molecule has 5 rings (SSSR count). The van der Waals surface area contributed by atoms with Crippen molar-refractivity contribution in [1.82, 2.24) is 10.2 Å². The molecule has 1 saturated heterocycles. The molecule has 5 heteroatoms. The largest absolute Gasteiger partial charge is 0.377 e. The van der Waals surface area contributed by atoms with E-state index in [1.807, 2.05) is 32.3 Å². The summed E-state index contributed by atoms with van der Waals surface area (Å²) in [6.45, 7) is 4.39. The topological polar surface area (TPSA) is 35.6 Å². The highest BCUT2D eigenvalue weighted by molar-refractivity contribution is 9.10. The first-order valence-corrected chi connectivity index (χ1v) is 13.5. The molecule has 4 nitrogen and oxygen atoms in total. The Bertz CT molecular complexity index is 1150. The molecule has 0 bridgehead atoms. The molecule has 1 amide bonds. The fourth-order valence-electron chi connectivity index (χ4n) is 5.90. The number of amides is 1. The summed E-state index contributed by atoms with van der Waals surface area (Å²) in [4.78, 5) is 17.9. The van der Waals surface area contributed by atoms with Crippen LogP contribution in [0.15, 0.2) is 60.3 Å². The molecule has 1 spiro atoms. The minimum atomic E-state index is 0.0633. The summed E-state index contributed by atoms with van der Waals surface area (Å²) in [6.07, 6.45) is 13.9. The van der Waals surface area contributed by atoms with Crippen LogP contribution in [0, 0.1) is 5.41 Å². The fraction of sp³-hybridized carbons (Fsp3) is 0.483. The Morgan fingerprint density at radius 1 is 1.15 bits per heavy atom. The van der Waals surface area contributed by atoms with Crippen molar-refractivity contribution in [3.8, 4) is 0 Å². The lowest BCUT2D eigenvalue weighted by atomic mass is 9.90. The average molecular weight is 523 g/mol. The highest BCUT2D eigenvalue weighted by Crippen LogP contribution is 2.54. The van der Waals surface area contributed by atoms with Crippen molar-refractivity contribution < 1.29 is 4.79 Å². The molecule has 1 heterocycles. The van der Waals surface area contributed by atoms with Gasteiger partial charge in [-0.2, -0.15) is 0 Å². The van der Waals surface area contributed by atoms with Crippen molar-refractivity contribution in [3.05, 3.63) is 65.9 Å². The molecule has 1 saturated carbocycles. The van der Waals surface area contributed by atoms with E-state index in [1.54, 1.807) is 0 Å². The van der Waals surface area contributed by atoms with Gasteiger partial charge in [0, 0.05) is 59.9 Å². The number of piperidine rings is 1. The number of fused-ring (bicyclic) bond motifs is 1. The third-order valence-electron chi connectivity index (χ3n) is 8.12. The number of alkyl halides is 1. The number of allylic oxidation sites excluding steroid dienone is 3. The normalized spacial score (nSPS) is 25.4. The molecule has 2 aromatic rings. The van der Waals surface area contributed by atoms with E-state index in [-0.39, 0.29) is 15.6 Å². The van der Waals surface area contributed by atoms with Crippen LogP contribution in [0.4, 0.5) is 5.69 Å². The van der Waals surface area contributed by atoms with Gasteiger partial charge in [-0.25, -0.2) is 0 Å². The number of likely N-dealkylation sites (tertiary alicyclic amines) is 1. The third-order valence-corrected chi connectivity index (χ3v) is 9.10. The number of nitrogens with one attached hydrogen (secondary N) is 1. The van der Waals surface area contributed by atoms with Crippen LogP contribution in [0.5, 0.6) is 0 Å². The zero-order valence-electron chi connectivity index (χ0n) is 20.6. The molecule has 2 aliphatic carbocycles. The second kappa shape index (κ2) is 9.07. The third kappa shape index (κ3) is 4.39. The number of hydrogen-bond donors (Lipinski definition) is 1. The minimum absolute atomic E-state index is 0.0633. The van der Waals surface area contributed by atoms with Crippen LogP contribution in [0.2, 0.25) is 0 Å². The smallest absolute Gasteiger partial charge is 0.252 e. The van der Waals surface area contributed by atoms with Gasteiger partial charge in [-0.3, -0.25) is 4.79 Å². The molecular formula is C29H36BrN3O. The second-order valence-electron chi connectivity index (χ2n) is 10.6. The van der Waals surface area contributed by atoms with Gasteiger partial charge in [0.2, 0.25) is 0 Å². The molecule has 3 aliphatic rings. The van der Waals surface area contributed by atoms with E-state index in [4.69, 9.17) is 0 Å². The molecule has 1 aliphatic heterocycles. The van der Waals surface area contributed by atoms with Crippen LogP contribution < -0.4 is 10.2 Å². The highest BCUT2D eigenvalue weighted by Gasteiger charge is 2.55. The number of carbonyl (C=O) groups excluding carboxylic acids is 1. The van der Waals surface area contributed by atoms with Crippen molar-refractivity contribution >= 4 is 38.3 Å². The van der Waals surface area contributed by atoms with Crippen molar-refractivity contribution in [1.29, 1.82) is 0 Å². The van der Waals surface area contributed by atoms with Crippen LogP contribution in [-0.2, 0) is 0 Å². The standard InChI is InChI=1S/C29H36BrN3O/c1-4-13-29(30)14-11-21(12-15-29)33-18-16-28(17-19-33)20-26(28)31-27(34)24-9-10-25(32(2)3)23-8-6-5-7-22(23)24/h5-12,14,26H,4,13,15-20H2,1-3H3,(H,31,34). The van der Waals surface area contributed by atoms with Crippen molar-refractivity contribution in [3.63, 3.8) is 0 Å². The van der Waals surface area contributed by atoms with E-state index < -0.39 is 0 Å². The Morgan fingerprint density at radius 2 is 1.88 bits per heavy atom. The Labute approximate surface area is 212 Å². The molecule has 2 aromatic carbocycles. The van der Waals surface area contributed by atoms with E-state index in [1.165, 1.54) is 18.5 Å². The monoisotopic (exact) mass is 521 g/mol. The summed E-state index contributed by atoms with van der Waals surface area (Å²) < 4.78 is 0.142. The SMILES string of the molecule is CCCC1(Br)C=CC(N2CCC3(CC2)CC3NC(=O)c2ccc(N(C)C)c3ccccc23)=CC1. The van der Waals surface area contributed by atoms with Gasteiger partial charge >= 0.3 is 0 Å². The number of halogens is 1. The van der Waals surface area contributed by atoms with E-state index in [0.29, 0.717) is 6.04 Å². The summed E-state index contributed by atoms with van der Waals surface area (Å²) >= 11 is 3.92. The lowest BCUT2D eigenvalue weighted by molar-refractivity contribution is 0.0940. The second-order valence-corrected chi connectivity index (χ2v) is 12.2. The van der Waals surface area contributed by atoms with Gasteiger partial charge < -0.3 is 15.1 Å². The summed E-state index contributed by atoms with van der Waals surface area (Å²) in [5.41, 5.74) is 3.57. The minimum Gasteiger partial charge on any atom is -0.377 e. The van der Waals surface area contributed by atoms with Crippen LogP contribution in [0.1, 0.15) is 55.8 Å². The Hall–Kier alpha value is -2.27. The Kier molecular flexibility index (Phi) is 6.26. The first kappa shape index (κ1) is 23.5. The number of carbonyl (C=O) groups is 1. The van der Waals surface area contributed by atoms with Gasteiger partial charge in [0.25, 0.3) is 5.91 Å². The van der Waals surface area contributed by atoms with Crippen molar-refractivity contribution in [2.45, 2.75) is 55.8 Å². The van der Waals surface area contributed by atoms with Crippen molar-refractivity contribution in [2.75, 3.05) is 32.1 Å². The lowest BCUT2D eigenvalue weighted by Gasteiger charge is -2.37. The first-order chi connectivity index (χ1) is 16.3. The van der Waals surface area contributed by atoms with Gasteiger partial charge in [-0.05, 0) is 61.1 Å². The molecule has 34 heavy (non-hydrogen) atoms. The van der Waals surface area contributed by atoms with Gasteiger partial charge in [0.15, 0.2) is 0 Å². The van der Waals surface area contributed by atoms with E-state index in [9.17, 15) is 4.79 Å². The van der Waals surface area contributed by atoms with Crippen LogP contribution in [0.25, 0.3) is 10.8 Å². The van der Waals surface area contributed by atoms with Gasteiger partial charge in [-0.1, -0.05) is 65.7 Å². The van der Waals surface area contributed by atoms with Crippen LogP contribution in [-0.4, -0.2) is 48.4 Å². The van der Waals surface area contributed by atoms with E-state index in [0.717, 1.165) is 60.8 Å². The molecule has 180 valence electrons. The highest BCUT2D eigenvalue weighted by atomic mass is 79.9. The lowest BCUT2D eigenvalue weighted by Crippen LogP contribution is -2.38. The molecular weight excluding hydrogens is 486 g/mol. The van der Waals surface area contributed by atoms with E-state index >= 15 is 0 Å². The number of nitrogens with zero attached hydrogens (tertiary/aromatic N) is 2. The van der Waals surface area contributed by atoms with Gasteiger partial charge in [0.05, 0.1) is 0 Å². The van der Waals surface area contributed by atoms with Crippen LogP contribution in [0.3, 0.4) is 0 Å². The molecule has 2 fully saturated rings. The first-order valence-electron chi connectivity index (χ1n) is 12.7. The molecule has 1 N–H and O–H groups in total. The van der Waals surface area contributed by atoms with Crippen LogP contribution >= 0.6 is 15.9 Å². The number of anilines is 1. The van der Waals surface area contributed by atoms with Crippen molar-refractivity contribution in [2.24, 2.45) is 5.41 Å². The summed E-state index contributed by atoms with van der Waals surface area (Å²) in [5, 5.41) is 5.53. The van der Waals surface area contributed by atoms with E-state index in [2.05, 4.69) is 74.4 Å².